The summed E-state index contributed by atoms with van der Waals surface area (Å²) >= 11 is 0. The SMILES string of the molecule is CC(N)CC(C)Cc1ccc(C#N)cc1. The summed E-state index contributed by atoms with van der Waals surface area (Å²) in [6, 6.07) is 10.2. The Morgan fingerprint density at radius 2 is 1.87 bits per heavy atom. The predicted octanol–water partition coefficient (Wildman–Crippen LogP) is 2.47. The van der Waals surface area contributed by atoms with Crippen molar-refractivity contribution in [2.24, 2.45) is 11.7 Å². The van der Waals surface area contributed by atoms with Crippen molar-refractivity contribution in [2.45, 2.75) is 32.7 Å². The van der Waals surface area contributed by atoms with E-state index in [2.05, 4.69) is 13.0 Å². The molecular formula is C13H18N2. The van der Waals surface area contributed by atoms with Gasteiger partial charge in [0.15, 0.2) is 0 Å². The summed E-state index contributed by atoms with van der Waals surface area (Å²) in [5, 5.41) is 8.66. The first kappa shape index (κ1) is 11.7. The van der Waals surface area contributed by atoms with E-state index in [1.54, 1.807) is 0 Å². The van der Waals surface area contributed by atoms with E-state index in [4.69, 9.17) is 11.0 Å². The lowest BCUT2D eigenvalue weighted by Gasteiger charge is -2.13. The molecule has 0 aliphatic heterocycles. The molecule has 0 aromatic heterocycles. The lowest BCUT2D eigenvalue weighted by atomic mass is 9.95. The standard InChI is InChI=1S/C13H18N2/c1-10(7-11(2)15)8-12-3-5-13(9-14)6-4-12/h3-6,10-11H,7-8,15H2,1-2H3. The second kappa shape index (κ2) is 5.53. The third kappa shape index (κ3) is 4.14. The van der Waals surface area contributed by atoms with E-state index in [9.17, 15) is 0 Å². The molecule has 15 heavy (non-hydrogen) atoms. The zero-order chi connectivity index (χ0) is 11.3. The van der Waals surface area contributed by atoms with Crippen LogP contribution < -0.4 is 5.73 Å². The van der Waals surface area contributed by atoms with Gasteiger partial charge in [-0.25, -0.2) is 0 Å². The normalized spacial score (nSPS) is 14.3. The Morgan fingerprint density at radius 3 is 2.33 bits per heavy atom. The summed E-state index contributed by atoms with van der Waals surface area (Å²) in [5.41, 5.74) is 7.75. The van der Waals surface area contributed by atoms with Gasteiger partial charge in [-0.15, -0.1) is 0 Å². The largest absolute Gasteiger partial charge is 0.328 e. The highest BCUT2D eigenvalue weighted by atomic mass is 14.6. The van der Waals surface area contributed by atoms with Crippen molar-refractivity contribution in [1.82, 2.24) is 0 Å². The van der Waals surface area contributed by atoms with Crippen LogP contribution in [0.3, 0.4) is 0 Å². The third-order valence-electron chi connectivity index (χ3n) is 2.44. The third-order valence-corrected chi connectivity index (χ3v) is 2.44. The highest BCUT2D eigenvalue weighted by Crippen LogP contribution is 2.13. The van der Waals surface area contributed by atoms with Crippen LogP contribution in [0.4, 0.5) is 0 Å². The Balaban J connectivity index is 2.54. The Bertz CT molecular complexity index is 333. The predicted molar refractivity (Wildman–Crippen MR) is 62.3 cm³/mol. The molecule has 0 radical (unpaired) electrons. The summed E-state index contributed by atoms with van der Waals surface area (Å²) in [7, 11) is 0. The monoisotopic (exact) mass is 202 g/mol. The second-order valence-corrected chi connectivity index (χ2v) is 4.33. The van der Waals surface area contributed by atoms with Gasteiger partial charge in [0, 0.05) is 6.04 Å². The van der Waals surface area contributed by atoms with E-state index >= 15 is 0 Å². The smallest absolute Gasteiger partial charge is 0.0991 e. The molecule has 0 heterocycles. The molecule has 80 valence electrons. The number of nitrogens with zero attached hydrogens (tertiary/aromatic N) is 1. The van der Waals surface area contributed by atoms with Gasteiger partial charge >= 0.3 is 0 Å². The molecule has 2 unspecified atom stereocenters. The first-order valence-corrected chi connectivity index (χ1v) is 5.36. The molecule has 0 spiro atoms. The van der Waals surface area contributed by atoms with Crippen LogP contribution >= 0.6 is 0 Å². The van der Waals surface area contributed by atoms with Crippen LogP contribution in [-0.4, -0.2) is 6.04 Å². The molecule has 1 aromatic carbocycles. The summed E-state index contributed by atoms with van der Waals surface area (Å²) in [4.78, 5) is 0. The summed E-state index contributed by atoms with van der Waals surface area (Å²) in [5.74, 6) is 0.595. The van der Waals surface area contributed by atoms with Crippen molar-refractivity contribution in [1.29, 1.82) is 5.26 Å². The van der Waals surface area contributed by atoms with Gasteiger partial charge in [-0.1, -0.05) is 19.1 Å². The molecule has 1 rings (SSSR count). The molecule has 2 atom stereocenters. The molecule has 2 N–H and O–H groups in total. The molecule has 2 nitrogen and oxygen atoms in total. The van der Waals surface area contributed by atoms with Crippen molar-refractivity contribution in [2.75, 3.05) is 0 Å². The first-order chi connectivity index (χ1) is 7.11. The quantitative estimate of drug-likeness (QED) is 0.815. The highest BCUT2D eigenvalue weighted by Gasteiger charge is 2.06. The summed E-state index contributed by atoms with van der Waals surface area (Å²) in [6.45, 7) is 4.25. The van der Waals surface area contributed by atoms with Crippen molar-refractivity contribution in [3.8, 4) is 6.07 Å². The number of nitrogens with two attached hydrogens (primary N) is 1. The van der Waals surface area contributed by atoms with Crippen molar-refractivity contribution in [3.63, 3.8) is 0 Å². The average molecular weight is 202 g/mol. The molecule has 0 aliphatic rings. The lowest BCUT2D eigenvalue weighted by Crippen LogP contribution is -2.19. The molecule has 0 aliphatic carbocycles. The molecule has 2 heteroatoms. The van der Waals surface area contributed by atoms with Gasteiger partial charge in [-0.05, 0) is 43.4 Å². The van der Waals surface area contributed by atoms with Gasteiger partial charge in [0.05, 0.1) is 11.6 Å². The molecule has 0 bridgehead atoms. The van der Waals surface area contributed by atoms with Gasteiger partial charge in [0.2, 0.25) is 0 Å². The van der Waals surface area contributed by atoms with Gasteiger partial charge in [-0.2, -0.15) is 5.26 Å². The van der Waals surface area contributed by atoms with E-state index < -0.39 is 0 Å². The minimum absolute atomic E-state index is 0.262. The Hall–Kier alpha value is -1.33. The van der Waals surface area contributed by atoms with Crippen LogP contribution in [0.25, 0.3) is 0 Å². The van der Waals surface area contributed by atoms with Crippen molar-refractivity contribution < 1.29 is 0 Å². The van der Waals surface area contributed by atoms with Crippen LogP contribution in [0.1, 0.15) is 31.4 Å². The van der Waals surface area contributed by atoms with E-state index in [1.807, 2.05) is 31.2 Å². The van der Waals surface area contributed by atoms with E-state index in [0.717, 1.165) is 18.4 Å². The van der Waals surface area contributed by atoms with Gasteiger partial charge in [0.25, 0.3) is 0 Å². The maximum absolute atomic E-state index is 8.66. The Kier molecular flexibility index (Phi) is 4.33. The fraction of sp³-hybridized carbons (Fsp3) is 0.462. The molecule has 0 saturated carbocycles. The number of benzene rings is 1. The first-order valence-electron chi connectivity index (χ1n) is 5.36. The number of hydrogen-bond acceptors (Lipinski definition) is 2. The number of rotatable bonds is 4. The van der Waals surface area contributed by atoms with E-state index in [1.165, 1.54) is 5.56 Å². The van der Waals surface area contributed by atoms with Gasteiger partial charge < -0.3 is 5.73 Å². The maximum atomic E-state index is 8.66. The fourth-order valence-corrected chi connectivity index (χ4v) is 1.84. The topological polar surface area (TPSA) is 49.8 Å². The van der Waals surface area contributed by atoms with Crippen LogP contribution in [0.5, 0.6) is 0 Å². The average Bonchev–Trinajstić information content (AvgIpc) is 2.17. The van der Waals surface area contributed by atoms with E-state index in [-0.39, 0.29) is 6.04 Å². The lowest BCUT2D eigenvalue weighted by molar-refractivity contribution is 0.480. The second-order valence-electron chi connectivity index (χ2n) is 4.33. The van der Waals surface area contributed by atoms with Crippen molar-refractivity contribution in [3.05, 3.63) is 35.4 Å². The molecular weight excluding hydrogens is 184 g/mol. The van der Waals surface area contributed by atoms with Crippen LogP contribution in [0.15, 0.2) is 24.3 Å². The van der Waals surface area contributed by atoms with Crippen LogP contribution in [0, 0.1) is 17.2 Å². The molecule has 1 aromatic rings. The maximum Gasteiger partial charge on any atom is 0.0991 e. The van der Waals surface area contributed by atoms with E-state index in [0.29, 0.717) is 5.92 Å². The minimum atomic E-state index is 0.262. The Morgan fingerprint density at radius 1 is 1.27 bits per heavy atom. The highest BCUT2D eigenvalue weighted by molar-refractivity contribution is 5.31. The van der Waals surface area contributed by atoms with Crippen molar-refractivity contribution >= 4 is 0 Å². The van der Waals surface area contributed by atoms with Crippen LogP contribution in [-0.2, 0) is 6.42 Å². The van der Waals surface area contributed by atoms with Gasteiger partial charge in [-0.3, -0.25) is 0 Å². The molecule has 0 amide bonds. The Labute approximate surface area is 91.7 Å². The zero-order valence-corrected chi connectivity index (χ0v) is 9.40. The number of nitriles is 1. The van der Waals surface area contributed by atoms with Gasteiger partial charge in [0.1, 0.15) is 0 Å². The molecule has 0 saturated heterocycles. The summed E-state index contributed by atoms with van der Waals surface area (Å²) < 4.78 is 0. The van der Waals surface area contributed by atoms with Crippen LogP contribution in [0.2, 0.25) is 0 Å². The minimum Gasteiger partial charge on any atom is -0.328 e. The zero-order valence-electron chi connectivity index (χ0n) is 9.40. The fourth-order valence-electron chi connectivity index (χ4n) is 1.84. The molecule has 0 fully saturated rings. The number of hydrogen-bond donors (Lipinski definition) is 1. The summed E-state index contributed by atoms with van der Waals surface area (Å²) in [6.07, 6.45) is 2.08.